The maximum absolute atomic E-state index is 2.42. The van der Waals surface area contributed by atoms with E-state index in [1.807, 2.05) is 0 Å². The fourth-order valence-electron chi connectivity index (χ4n) is 0.960. The van der Waals surface area contributed by atoms with Crippen LogP contribution in [0.5, 0.6) is 0 Å². The molecule has 0 amide bonds. The molecule has 0 atom stereocenters. The number of hydrogen-bond acceptors (Lipinski definition) is 1. The SMILES string of the molecule is Cc1ccc([S][Ge]([CH3])([CH3])[CH3])cc1. The molecule has 0 aliphatic carbocycles. The van der Waals surface area contributed by atoms with Crippen molar-refractivity contribution in [2.75, 3.05) is 0 Å². The van der Waals surface area contributed by atoms with Gasteiger partial charge >= 0.3 is 81.1 Å². The van der Waals surface area contributed by atoms with Crippen LogP contribution in [0.3, 0.4) is 0 Å². The van der Waals surface area contributed by atoms with E-state index in [0.717, 1.165) is 0 Å². The molecule has 0 aliphatic heterocycles. The van der Waals surface area contributed by atoms with E-state index in [9.17, 15) is 0 Å². The summed E-state index contributed by atoms with van der Waals surface area (Å²) in [7, 11) is 2.10. The van der Waals surface area contributed by atoms with E-state index >= 15 is 0 Å². The Balaban J connectivity index is 2.71. The van der Waals surface area contributed by atoms with Crippen LogP contribution in [-0.2, 0) is 0 Å². The van der Waals surface area contributed by atoms with Crippen LogP contribution in [0, 0.1) is 6.92 Å². The van der Waals surface area contributed by atoms with Gasteiger partial charge in [-0.05, 0) is 0 Å². The molecule has 12 heavy (non-hydrogen) atoms. The molecular weight excluding hydrogens is 225 g/mol. The van der Waals surface area contributed by atoms with E-state index in [0.29, 0.717) is 0 Å². The predicted molar refractivity (Wildman–Crippen MR) is 60.4 cm³/mol. The number of benzene rings is 1. The van der Waals surface area contributed by atoms with Crippen LogP contribution < -0.4 is 0 Å². The molecule has 0 spiro atoms. The molecule has 66 valence electrons. The van der Waals surface area contributed by atoms with Crippen LogP contribution in [0.4, 0.5) is 0 Å². The Morgan fingerprint density at radius 1 is 1.00 bits per heavy atom. The average Bonchev–Trinajstić information content (AvgIpc) is 1.91. The van der Waals surface area contributed by atoms with Gasteiger partial charge in [0.1, 0.15) is 0 Å². The zero-order valence-corrected chi connectivity index (χ0v) is 11.1. The molecule has 0 saturated carbocycles. The summed E-state index contributed by atoms with van der Waals surface area (Å²) in [5, 5.41) is 0. The standard InChI is InChI=1S/C10H16GeS/c1-9-5-7-10(8-6-9)12-11(2,3)4/h5-8H,1-4H3. The van der Waals surface area contributed by atoms with Crippen molar-refractivity contribution < 1.29 is 0 Å². The zero-order valence-electron chi connectivity index (χ0n) is 8.22. The second-order valence-corrected chi connectivity index (χ2v) is 21.2. The summed E-state index contributed by atoms with van der Waals surface area (Å²) in [5.41, 5.74) is 1.35. The quantitative estimate of drug-likeness (QED) is 0.707. The molecule has 1 rings (SSSR count). The summed E-state index contributed by atoms with van der Waals surface area (Å²) in [6.45, 7) is 2.13. The summed E-state index contributed by atoms with van der Waals surface area (Å²) in [4.78, 5) is 1.44. The van der Waals surface area contributed by atoms with Gasteiger partial charge in [-0.25, -0.2) is 0 Å². The Hall–Kier alpha value is 0.113. The Morgan fingerprint density at radius 3 is 1.92 bits per heavy atom. The van der Waals surface area contributed by atoms with E-state index in [4.69, 9.17) is 0 Å². The van der Waals surface area contributed by atoms with Crippen molar-refractivity contribution in [2.24, 2.45) is 0 Å². The summed E-state index contributed by atoms with van der Waals surface area (Å²) in [5.74, 6) is 7.26. The number of aryl methyl sites for hydroxylation is 1. The van der Waals surface area contributed by atoms with E-state index in [-0.39, 0.29) is 0 Å². The van der Waals surface area contributed by atoms with Crippen molar-refractivity contribution in [3.8, 4) is 0 Å². The molecule has 1 aromatic carbocycles. The monoisotopic (exact) mass is 242 g/mol. The van der Waals surface area contributed by atoms with Crippen molar-refractivity contribution in [3.05, 3.63) is 29.8 Å². The Labute approximate surface area is 81.1 Å². The molecular formula is C10H16GeS. The van der Waals surface area contributed by atoms with Gasteiger partial charge in [-0.1, -0.05) is 0 Å². The van der Waals surface area contributed by atoms with Crippen molar-refractivity contribution in [3.63, 3.8) is 0 Å². The van der Waals surface area contributed by atoms with Gasteiger partial charge in [0.15, 0.2) is 0 Å². The first-order valence-electron chi connectivity index (χ1n) is 4.23. The van der Waals surface area contributed by atoms with Gasteiger partial charge in [0.25, 0.3) is 0 Å². The Bertz CT molecular complexity index is 246. The van der Waals surface area contributed by atoms with Gasteiger partial charge in [0.05, 0.1) is 0 Å². The van der Waals surface area contributed by atoms with E-state index in [1.54, 1.807) is 0 Å². The number of hydrogen-bond donors (Lipinski definition) is 0. The van der Waals surface area contributed by atoms with Gasteiger partial charge in [-0.2, -0.15) is 0 Å². The first-order valence-corrected chi connectivity index (χ1v) is 13.9. The van der Waals surface area contributed by atoms with Gasteiger partial charge < -0.3 is 0 Å². The average molecular weight is 241 g/mol. The molecule has 0 nitrogen and oxygen atoms in total. The molecule has 1 aromatic rings. The third-order valence-electron chi connectivity index (χ3n) is 1.45. The molecule has 2 heteroatoms. The Kier molecular flexibility index (Phi) is 3.30. The normalized spacial score (nSPS) is 11.7. The van der Waals surface area contributed by atoms with Crippen molar-refractivity contribution in [2.45, 2.75) is 29.1 Å². The van der Waals surface area contributed by atoms with Crippen molar-refractivity contribution in [1.29, 1.82) is 0 Å². The van der Waals surface area contributed by atoms with Crippen LogP contribution in [0.15, 0.2) is 29.2 Å². The second kappa shape index (κ2) is 3.88. The van der Waals surface area contributed by atoms with Crippen LogP contribution in [0.2, 0.25) is 17.3 Å². The van der Waals surface area contributed by atoms with Crippen molar-refractivity contribution in [1.82, 2.24) is 0 Å². The summed E-state index contributed by atoms with van der Waals surface area (Å²) in [6, 6.07) is 8.85. The van der Waals surface area contributed by atoms with Gasteiger partial charge in [-0.15, -0.1) is 0 Å². The molecule has 0 heterocycles. The van der Waals surface area contributed by atoms with Gasteiger partial charge in [0.2, 0.25) is 0 Å². The van der Waals surface area contributed by atoms with Crippen molar-refractivity contribution >= 4 is 22.2 Å². The number of rotatable bonds is 2. The van der Waals surface area contributed by atoms with Gasteiger partial charge in [-0.3, -0.25) is 0 Å². The maximum atomic E-state index is 2.42. The molecule has 0 unspecified atom stereocenters. The molecule has 0 saturated heterocycles. The van der Waals surface area contributed by atoms with Crippen LogP contribution in [0.1, 0.15) is 5.56 Å². The van der Waals surface area contributed by atoms with Gasteiger partial charge in [0, 0.05) is 0 Å². The molecule has 0 bridgehead atoms. The van der Waals surface area contributed by atoms with E-state index < -0.39 is 12.1 Å². The second-order valence-electron chi connectivity index (χ2n) is 4.03. The van der Waals surface area contributed by atoms with Crippen LogP contribution >= 0.6 is 10.1 Å². The van der Waals surface area contributed by atoms with E-state index in [2.05, 4.69) is 58.5 Å². The predicted octanol–water partition coefficient (Wildman–Crippen LogP) is 3.92. The molecule has 0 fully saturated rings. The first-order chi connectivity index (χ1) is 5.47. The summed E-state index contributed by atoms with van der Waals surface area (Å²) >= 11 is -1.46. The first kappa shape index (κ1) is 10.2. The molecule has 0 N–H and O–H groups in total. The Morgan fingerprint density at radius 2 is 1.50 bits per heavy atom. The minimum absolute atomic E-state index is 1.35. The van der Waals surface area contributed by atoms with Crippen LogP contribution in [0.25, 0.3) is 0 Å². The fourth-order valence-corrected chi connectivity index (χ4v) is 7.25. The molecule has 0 radical (unpaired) electrons. The third kappa shape index (κ3) is 3.68. The van der Waals surface area contributed by atoms with E-state index in [1.165, 1.54) is 10.5 Å². The summed E-state index contributed by atoms with van der Waals surface area (Å²) < 4.78 is 0. The van der Waals surface area contributed by atoms with Crippen LogP contribution in [-0.4, -0.2) is 12.1 Å². The minimum atomic E-state index is -1.46. The molecule has 0 aliphatic rings. The topological polar surface area (TPSA) is 0 Å². The third-order valence-corrected chi connectivity index (χ3v) is 7.90. The zero-order chi connectivity index (χ0) is 9.19. The fraction of sp³-hybridized carbons (Fsp3) is 0.400. The summed E-state index contributed by atoms with van der Waals surface area (Å²) in [6.07, 6.45) is 0. The molecule has 0 aromatic heterocycles.